The summed E-state index contributed by atoms with van der Waals surface area (Å²) in [5.74, 6) is 1.90. The highest BCUT2D eigenvalue weighted by Crippen LogP contribution is 2.22. The molecule has 3 aliphatic heterocycles. The lowest BCUT2D eigenvalue weighted by Crippen LogP contribution is -2.50. The molecule has 0 aromatic carbocycles. The molecule has 3 fully saturated rings. The molecule has 2 N–H and O–H groups in total. The lowest BCUT2D eigenvalue weighted by atomic mass is 9.99. The maximum Gasteiger partial charge on any atom is 0.224 e. The van der Waals surface area contributed by atoms with E-state index in [0.717, 1.165) is 37.4 Å². The van der Waals surface area contributed by atoms with Gasteiger partial charge in [0.15, 0.2) is 0 Å². The minimum absolute atomic E-state index is 0.470. The first kappa shape index (κ1) is 18.0. The Hall–Kier alpha value is -1.40. The fourth-order valence-corrected chi connectivity index (χ4v) is 4.70. The Morgan fingerprint density at radius 1 is 0.962 bits per heavy atom. The van der Waals surface area contributed by atoms with E-state index in [1.54, 1.807) is 0 Å². The SMILES string of the molecule is c1cc(N2CCCCCC2)nc(N[C@H]2CCCN(C3CCNCC3)C2)n1. The maximum atomic E-state index is 4.84. The summed E-state index contributed by atoms with van der Waals surface area (Å²) in [4.78, 5) is 14.5. The number of nitrogens with zero attached hydrogens (tertiary/aromatic N) is 4. The molecular weight excluding hydrogens is 324 g/mol. The number of hydrogen-bond acceptors (Lipinski definition) is 6. The van der Waals surface area contributed by atoms with Crippen molar-refractivity contribution in [3.05, 3.63) is 12.3 Å². The molecule has 3 saturated heterocycles. The zero-order chi connectivity index (χ0) is 17.6. The predicted octanol–water partition coefficient (Wildman–Crippen LogP) is 2.49. The van der Waals surface area contributed by atoms with Crippen LogP contribution in [0.2, 0.25) is 0 Å². The maximum absolute atomic E-state index is 4.84. The molecule has 0 bridgehead atoms. The van der Waals surface area contributed by atoms with Gasteiger partial charge in [0, 0.05) is 37.9 Å². The van der Waals surface area contributed by atoms with Crippen molar-refractivity contribution in [3.8, 4) is 0 Å². The van der Waals surface area contributed by atoms with Gasteiger partial charge < -0.3 is 15.5 Å². The molecule has 0 unspecified atom stereocenters. The lowest BCUT2D eigenvalue weighted by Gasteiger charge is -2.40. The van der Waals surface area contributed by atoms with E-state index in [4.69, 9.17) is 4.98 Å². The van der Waals surface area contributed by atoms with Crippen LogP contribution in [0.3, 0.4) is 0 Å². The summed E-state index contributed by atoms with van der Waals surface area (Å²) in [7, 11) is 0. The average molecular weight is 359 g/mol. The van der Waals surface area contributed by atoms with Gasteiger partial charge in [-0.1, -0.05) is 12.8 Å². The molecule has 0 aliphatic carbocycles. The number of piperidine rings is 2. The Balaban J connectivity index is 1.36. The van der Waals surface area contributed by atoms with Crippen molar-refractivity contribution in [2.75, 3.05) is 49.5 Å². The van der Waals surface area contributed by atoms with Gasteiger partial charge in [-0.15, -0.1) is 0 Å². The predicted molar refractivity (Wildman–Crippen MR) is 107 cm³/mol. The molecule has 1 aromatic heterocycles. The second kappa shape index (κ2) is 9.00. The number of hydrogen-bond donors (Lipinski definition) is 2. The quantitative estimate of drug-likeness (QED) is 0.862. The van der Waals surface area contributed by atoms with Crippen molar-refractivity contribution >= 4 is 11.8 Å². The minimum atomic E-state index is 0.470. The van der Waals surface area contributed by atoms with Crippen molar-refractivity contribution in [1.82, 2.24) is 20.2 Å². The van der Waals surface area contributed by atoms with Crippen LogP contribution in [0.1, 0.15) is 51.4 Å². The van der Waals surface area contributed by atoms with Gasteiger partial charge in [-0.2, -0.15) is 4.98 Å². The standard InChI is InChI=1S/C20H34N6/c1-2-4-14-25(13-3-1)19-9-12-22-20(24-19)23-17-6-5-15-26(16-17)18-7-10-21-11-8-18/h9,12,17-18,21H,1-8,10-11,13-16H2,(H,22,23,24)/t17-/m0/s1. The number of anilines is 2. The Kier molecular flexibility index (Phi) is 6.22. The third-order valence-electron chi connectivity index (χ3n) is 6.18. The third kappa shape index (κ3) is 4.65. The molecule has 6 heteroatoms. The summed E-state index contributed by atoms with van der Waals surface area (Å²) in [5.41, 5.74) is 0. The summed E-state index contributed by atoms with van der Waals surface area (Å²) in [6, 6.07) is 3.29. The molecule has 4 heterocycles. The molecule has 0 saturated carbocycles. The normalized spacial score (nSPS) is 26.5. The molecule has 4 rings (SSSR count). The monoisotopic (exact) mass is 358 g/mol. The molecule has 26 heavy (non-hydrogen) atoms. The second-order valence-corrected chi connectivity index (χ2v) is 8.10. The fraction of sp³-hybridized carbons (Fsp3) is 0.800. The van der Waals surface area contributed by atoms with E-state index in [1.807, 2.05) is 6.20 Å². The van der Waals surface area contributed by atoms with E-state index in [2.05, 4.69) is 31.5 Å². The molecule has 1 atom stereocenters. The van der Waals surface area contributed by atoms with Crippen molar-refractivity contribution in [3.63, 3.8) is 0 Å². The molecular formula is C20H34N6. The van der Waals surface area contributed by atoms with Gasteiger partial charge >= 0.3 is 0 Å². The van der Waals surface area contributed by atoms with Gasteiger partial charge in [0.1, 0.15) is 5.82 Å². The van der Waals surface area contributed by atoms with Gasteiger partial charge in [-0.05, 0) is 64.2 Å². The van der Waals surface area contributed by atoms with Crippen molar-refractivity contribution in [2.24, 2.45) is 0 Å². The fourth-order valence-electron chi connectivity index (χ4n) is 4.70. The summed E-state index contributed by atoms with van der Waals surface area (Å²) in [6.45, 7) is 6.97. The number of likely N-dealkylation sites (tertiary alicyclic amines) is 1. The molecule has 0 spiro atoms. The smallest absolute Gasteiger partial charge is 0.224 e. The molecule has 0 amide bonds. The van der Waals surface area contributed by atoms with E-state index in [0.29, 0.717) is 6.04 Å². The first-order valence-electron chi connectivity index (χ1n) is 10.7. The van der Waals surface area contributed by atoms with Crippen molar-refractivity contribution < 1.29 is 0 Å². The highest BCUT2D eigenvalue weighted by Gasteiger charge is 2.27. The van der Waals surface area contributed by atoms with Gasteiger partial charge in [0.05, 0.1) is 0 Å². The van der Waals surface area contributed by atoms with Crippen molar-refractivity contribution in [1.29, 1.82) is 0 Å². The summed E-state index contributed by atoms with van der Waals surface area (Å²) < 4.78 is 0. The number of nitrogens with one attached hydrogen (secondary N) is 2. The summed E-state index contributed by atoms with van der Waals surface area (Å²) in [6.07, 6.45) is 12.2. The number of aromatic nitrogens is 2. The lowest BCUT2D eigenvalue weighted by molar-refractivity contribution is 0.128. The molecule has 1 aromatic rings. The van der Waals surface area contributed by atoms with Crippen molar-refractivity contribution in [2.45, 2.75) is 63.5 Å². The first-order valence-corrected chi connectivity index (χ1v) is 10.7. The van der Waals surface area contributed by atoms with Crippen LogP contribution in [-0.4, -0.2) is 66.2 Å². The Morgan fingerprint density at radius 2 is 1.77 bits per heavy atom. The summed E-state index contributed by atoms with van der Waals surface area (Å²) >= 11 is 0. The van der Waals surface area contributed by atoms with Gasteiger partial charge in [0.2, 0.25) is 5.95 Å². The Labute approximate surface area is 157 Å². The van der Waals surface area contributed by atoms with Crippen LogP contribution in [0.25, 0.3) is 0 Å². The molecule has 3 aliphatic rings. The van der Waals surface area contributed by atoms with Crippen LogP contribution >= 0.6 is 0 Å². The van der Waals surface area contributed by atoms with Crippen LogP contribution in [-0.2, 0) is 0 Å². The van der Waals surface area contributed by atoms with E-state index in [1.165, 1.54) is 71.0 Å². The molecule has 0 radical (unpaired) electrons. The Morgan fingerprint density at radius 3 is 2.58 bits per heavy atom. The minimum Gasteiger partial charge on any atom is -0.356 e. The second-order valence-electron chi connectivity index (χ2n) is 8.10. The summed E-state index contributed by atoms with van der Waals surface area (Å²) in [5, 5.41) is 7.12. The van der Waals surface area contributed by atoms with E-state index < -0.39 is 0 Å². The molecule has 144 valence electrons. The van der Waals surface area contributed by atoms with Crippen LogP contribution in [0.15, 0.2) is 12.3 Å². The van der Waals surface area contributed by atoms with E-state index >= 15 is 0 Å². The van der Waals surface area contributed by atoms with Crippen LogP contribution in [0.5, 0.6) is 0 Å². The highest BCUT2D eigenvalue weighted by atomic mass is 15.3. The number of rotatable bonds is 4. The zero-order valence-corrected chi connectivity index (χ0v) is 16.0. The highest BCUT2D eigenvalue weighted by molar-refractivity contribution is 5.43. The first-order chi connectivity index (χ1) is 12.9. The largest absolute Gasteiger partial charge is 0.356 e. The van der Waals surface area contributed by atoms with E-state index in [-0.39, 0.29) is 0 Å². The van der Waals surface area contributed by atoms with Crippen LogP contribution in [0.4, 0.5) is 11.8 Å². The average Bonchev–Trinajstić information content (AvgIpc) is 2.99. The van der Waals surface area contributed by atoms with Crippen LogP contribution in [0, 0.1) is 0 Å². The molecule has 6 nitrogen and oxygen atoms in total. The zero-order valence-electron chi connectivity index (χ0n) is 16.0. The van der Waals surface area contributed by atoms with Gasteiger partial charge in [-0.3, -0.25) is 4.90 Å². The Bertz CT molecular complexity index is 551. The van der Waals surface area contributed by atoms with E-state index in [9.17, 15) is 0 Å². The van der Waals surface area contributed by atoms with Gasteiger partial charge in [0.25, 0.3) is 0 Å². The third-order valence-corrected chi connectivity index (χ3v) is 6.18. The topological polar surface area (TPSA) is 56.3 Å². The van der Waals surface area contributed by atoms with Crippen LogP contribution < -0.4 is 15.5 Å². The van der Waals surface area contributed by atoms with Gasteiger partial charge in [-0.25, -0.2) is 4.98 Å².